The van der Waals surface area contributed by atoms with Crippen LogP contribution < -0.4 is 4.74 Å². The van der Waals surface area contributed by atoms with Crippen molar-refractivity contribution in [3.05, 3.63) is 101 Å². The van der Waals surface area contributed by atoms with Gasteiger partial charge in [0.1, 0.15) is 6.10 Å². The van der Waals surface area contributed by atoms with E-state index >= 15 is 0 Å². The normalized spacial score (nSPS) is 31.0. The molecule has 0 radical (unpaired) electrons. The molecule has 42 heavy (non-hydrogen) atoms. The lowest BCUT2D eigenvalue weighted by molar-refractivity contribution is -0.224. The van der Waals surface area contributed by atoms with Gasteiger partial charge < -0.3 is 19.8 Å². The van der Waals surface area contributed by atoms with Gasteiger partial charge in [-0.1, -0.05) is 73.2 Å². The smallest absolute Gasteiger partial charge is 0.246 e. The van der Waals surface area contributed by atoms with Crippen LogP contribution in [0.25, 0.3) is 6.08 Å². The summed E-state index contributed by atoms with van der Waals surface area (Å²) in [5.41, 5.74) is 3.81. The van der Waals surface area contributed by atoms with Gasteiger partial charge in [0, 0.05) is 31.3 Å². The number of carbonyl (C=O) groups is 1. The van der Waals surface area contributed by atoms with Gasteiger partial charge in [0.2, 0.25) is 5.91 Å². The Morgan fingerprint density at radius 2 is 1.95 bits per heavy atom. The second-order valence-corrected chi connectivity index (χ2v) is 12.9. The summed E-state index contributed by atoms with van der Waals surface area (Å²) in [5.74, 6) is 0.448. The minimum absolute atomic E-state index is 0.0674. The van der Waals surface area contributed by atoms with E-state index in [0.717, 1.165) is 48.2 Å². The number of ether oxygens (including phenoxy) is 1. The number of carbonyl (C=O) groups excluding carboxylic acids is 1. The number of hydrogen-bond acceptors (Lipinski definition) is 5. The lowest BCUT2D eigenvalue weighted by Gasteiger charge is -2.66. The van der Waals surface area contributed by atoms with Gasteiger partial charge in [0.25, 0.3) is 0 Å². The molecule has 218 valence electrons. The summed E-state index contributed by atoms with van der Waals surface area (Å²) in [4.78, 5) is 17.9. The van der Waals surface area contributed by atoms with E-state index in [0.29, 0.717) is 18.6 Å². The topological polar surface area (TPSA) is 73.2 Å². The van der Waals surface area contributed by atoms with Crippen LogP contribution in [0.2, 0.25) is 0 Å². The van der Waals surface area contributed by atoms with Crippen LogP contribution in [0.4, 0.5) is 0 Å². The van der Waals surface area contributed by atoms with Crippen LogP contribution in [0.3, 0.4) is 0 Å². The predicted octanol–water partition coefficient (Wildman–Crippen LogP) is 4.88. The Balaban J connectivity index is 1.24. The third-order valence-electron chi connectivity index (χ3n) is 10.8. The van der Waals surface area contributed by atoms with Gasteiger partial charge in [-0.15, -0.1) is 0 Å². The molecule has 0 unspecified atom stereocenters. The SMILES string of the molecule is Cc1cccc(C=CC(=O)N(C)[C@H]2C[C@H](C)[C@@]3(O)[C@H]4Cc5ccc(O)c6c5[C@@]3(CCN4CCc3ccccc3)[C@@H]2O6)c1. The van der Waals surface area contributed by atoms with E-state index in [9.17, 15) is 15.0 Å². The van der Waals surface area contributed by atoms with E-state index in [1.54, 1.807) is 17.0 Å². The molecule has 1 saturated carbocycles. The third-order valence-corrected chi connectivity index (χ3v) is 10.8. The lowest BCUT2D eigenvalue weighted by Crippen LogP contribution is -2.80. The van der Waals surface area contributed by atoms with Crippen molar-refractivity contribution in [2.45, 2.75) is 68.7 Å². The van der Waals surface area contributed by atoms with E-state index < -0.39 is 17.1 Å². The highest BCUT2D eigenvalue weighted by molar-refractivity contribution is 5.92. The molecule has 1 saturated heterocycles. The van der Waals surface area contributed by atoms with Gasteiger partial charge in [0.05, 0.1) is 17.1 Å². The average Bonchev–Trinajstić information content (AvgIpc) is 3.34. The van der Waals surface area contributed by atoms with Gasteiger partial charge in [-0.2, -0.15) is 0 Å². The van der Waals surface area contributed by atoms with Crippen LogP contribution in [0.1, 0.15) is 47.6 Å². The maximum Gasteiger partial charge on any atom is 0.246 e. The number of benzene rings is 3. The first-order valence-electron chi connectivity index (χ1n) is 15.3. The number of likely N-dealkylation sites (N-methyl/N-ethyl adjacent to an activating group) is 1. The van der Waals surface area contributed by atoms with Crippen molar-refractivity contribution < 1.29 is 19.7 Å². The molecule has 2 N–H and O–H groups in total. The van der Waals surface area contributed by atoms with E-state index in [1.165, 1.54) is 5.56 Å². The number of hydrogen-bond donors (Lipinski definition) is 2. The number of aromatic hydroxyl groups is 1. The summed E-state index contributed by atoms with van der Waals surface area (Å²) in [6, 6.07) is 22.1. The molecule has 2 aliphatic carbocycles. The predicted molar refractivity (Wildman–Crippen MR) is 164 cm³/mol. The average molecular weight is 565 g/mol. The van der Waals surface area contributed by atoms with Gasteiger partial charge >= 0.3 is 0 Å². The molecular weight excluding hydrogens is 524 g/mol. The summed E-state index contributed by atoms with van der Waals surface area (Å²) in [7, 11) is 1.85. The zero-order chi connectivity index (χ0) is 29.2. The van der Waals surface area contributed by atoms with Crippen LogP contribution in [0.15, 0.2) is 72.8 Å². The van der Waals surface area contributed by atoms with Gasteiger partial charge in [-0.3, -0.25) is 9.69 Å². The monoisotopic (exact) mass is 564 g/mol. The highest BCUT2D eigenvalue weighted by Crippen LogP contribution is 2.67. The van der Waals surface area contributed by atoms with E-state index in [-0.39, 0.29) is 29.7 Å². The second-order valence-electron chi connectivity index (χ2n) is 12.9. The molecule has 6 atom stereocenters. The molecular formula is C36H40N2O4. The van der Waals surface area contributed by atoms with Crippen molar-refractivity contribution in [3.8, 4) is 11.5 Å². The Morgan fingerprint density at radius 1 is 1.14 bits per heavy atom. The fourth-order valence-electron chi connectivity index (χ4n) is 8.81. The van der Waals surface area contributed by atoms with Crippen molar-refractivity contribution in [2.75, 3.05) is 20.1 Å². The van der Waals surface area contributed by atoms with Gasteiger partial charge in [-0.25, -0.2) is 0 Å². The van der Waals surface area contributed by atoms with Crippen molar-refractivity contribution >= 4 is 12.0 Å². The number of rotatable bonds is 6. The van der Waals surface area contributed by atoms with Crippen LogP contribution >= 0.6 is 0 Å². The lowest BCUT2D eigenvalue weighted by atomic mass is 9.45. The molecule has 6 heteroatoms. The van der Waals surface area contributed by atoms with Crippen molar-refractivity contribution in [1.29, 1.82) is 0 Å². The number of phenols is 1. The fraction of sp³-hybridized carbons (Fsp3) is 0.417. The molecule has 0 aromatic heterocycles. The largest absolute Gasteiger partial charge is 0.504 e. The van der Waals surface area contributed by atoms with E-state index in [4.69, 9.17) is 4.74 Å². The van der Waals surface area contributed by atoms with E-state index in [2.05, 4.69) is 42.2 Å². The zero-order valence-corrected chi connectivity index (χ0v) is 24.7. The van der Waals surface area contributed by atoms with Crippen LogP contribution in [0.5, 0.6) is 11.5 Å². The van der Waals surface area contributed by atoms with Crippen LogP contribution in [-0.4, -0.2) is 69.8 Å². The van der Waals surface area contributed by atoms with Crippen molar-refractivity contribution in [2.24, 2.45) is 5.92 Å². The van der Waals surface area contributed by atoms with Crippen molar-refractivity contribution in [3.63, 3.8) is 0 Å². The summed E-state index contributed by atoms with van der Waals surface area (Å²) >= 11 is 0. The van der Waals surface area contributed by atoms with Gasteiger partial charge in [-0.05, 0) is 73.9 Å². The first kappa shape index (κ1) is 27.2. The standard InChI is InChI=1S/C36H40N2O4/c1-23-8-7-11-26(20-23)12-15-31(40)37(3)28-21-24(2)36(41)30-22-27-13-14-29(39)33-32(27)35(36,34(28)42-33)17-19-38(30)18-16-25-9-5-4-6-10-25/h4-15,20,24,28,30,34,39,41H,16-19,21-22H2,1-3H3/t24-,28-,30+,34+,35-,36+/m0/s1. The highest BCUT2D eigenvalue weighted by Gasteiger charge is 2.75. The third kappa shape index (κ3) is 3.88. The quantitative estimate of drug-likeness (QED) is 0.418. The van der Waals surface area contributed by atoms with Crippen molar-refractivity contribution in [1.82, 2.24) is 9.80 Å². The molecule has 4 aliphatic rings. The molecule has 1 spiro atoms. The number of likely N-dealkylation sites (tertiary alicyclic amines) is 1. The Hall–Kier alpha value is -3.61. The zero-order valence-electron chi connectivity index (χ0n) is 24.7. The van der Waals surface area contributed by atoms with Crippen LogP contribution in [-0.2, 0) is 23.1 Å². The molecule has 3 aromatic rings. The van der Waals surface area contributed by atoms with Gasteiger partial charge in [0.15, 0.2) is 11.5 Å². The first-order chi connectivity index (χ1) is 20.2. The Bertz CT molecular complexity index is 1550. The Kier molecular flexibility index (Phi) is 6.48. The number of amides is 1. The Labute approximate surface area is 248 Å². The number of aliphatic hydroxyl groups is 1. The number of nitrogens with zero attached hydrogens (tertiary/aromatic N) is 2. The molecule has 6 nitrogen and oxygen atoms in total. The molecule has 1 amide bonds. The summed E-state index contributed by atoms with van der Waals surface area (Å²) in [6.07, 6.45) is 6.04. The molecule has 2 aliphatic heterocycles. The molecule has 7 rings (SSSR count). The number of aryl methyl sites for hydroxylation is 1. The number of piperidine rings is 1. The summed E-state index contributed by atoms with van der Waals surface area (Å²) in [5, 5.41) is 24.0. The minimum atomic E-state index is -1.05. The Morgan fingerprint density at radius 3 is 2.74 bits per heavy atom. The molecule has 2 fully saturated rings. The molecule has 2 heterocycles. The maximum absolute atomic E-state index is 13.6. The van der Waals surface area contributed by atoms with Crippen LogP contribution in [0, 0.1) is 12.8 Å². The number of phenolic OH excluding ortho intramolecular Hbond substituents is 1. The highest BCUT2D eigenvalue weighted by atomic mass is 16.5. The second kappa shape index (κ2) is 9.99. The summed E-state index contributed by atoms with van der Waals surface area (Å²) in [6.45, 7) is 5.89. The minimum Gasteiger partial charge on any atom is -0.504 e. The fourth-order valence-corrected chi connectivity index (χ4v) is 8.81. The molecule has 3 aromatic carbocycles. The maximum atomic E-state index is 13.6. The first-order valence-corrected chi connectivity index (χ1v) is 15.3. The molecule has 2 bridgehead atoms. The summed E-state index contributed by atoms with van der Waals surface area (Å²) < 4.78 is 6.70. The van der Waals surface area contributed by atoms with E-state index in [1.807, 2.05) is 50.4 Å².